The van der Waals surface area contributed by atoms with Gasteiger partial charge in [0.2, 0.25) is 0 Å². The number of hydrogen-bond donors (Lipinski definition) is 0. The molecule has 10 rings (SSSR count). The van der Waals surface area contributed by atoms with Crippen molar-refractivity contribution in [2.24, 2.45) is 0 Å². The first-order valence-electron chi connectivity index (χ1n) is 15.3. The van der Waals surface area contributed by atoms with Gasteiger partial charge in [-0.2, -0.15) is 0 Å². The highest BCUT2D eigenvalue weighted by Gasteiger charge is 2.17. The number of aromatic nitrogens is 4. The largest absolute Gasteiger partial charge is 0.309 e. The van der Waals surface area contributed by atoms with E-state index in [1.165, 1.54) is 49.0 Å². The fourth-order valence-electron chi connectivity index (χ4n) is 7.42. The van der Waals surface area contributed by atoms with Gasteiger partial charge >= 0.3 is 0 Å². The number of hydrogen-bond acceptors (Lipinski definition) is 1. The van der Waals surface area contributed by atoms with Gasteiger partial charge in [0.1, 0.15) is 0 Å². The fourth-order valence-corrected chi connectivity index (χ4v) is 7.42. The molecule has 0 aliphatic rings. The third kappa shape index (κ3) is 3.39. The maximum absolute atomic E-state index is 4.54. The highest BCUT2D eigenvalue weighted by molar-refractivity contribution is 6.12. The predicted octanol–water partition coefficient (Wildman–Crippen LogP) is 10.4. The number of rotatable bonds is 3. The van der Waals surface area contributed by atoms with Crippen LogP contribution in [0.15, 0.2) is 158 Å². The molecule has 0 aliphatic heterocycles. The van der Waals surface area contributed by atoms with Crippen molar-refractivity contribution in [3.05, 3.63) is 158 Å². The van der Waals surface area contributed by atoms with E-state index < -0.39 is 0 Å². The Hall–Kier alpha value is -6.13. The van der Waals surface area contributed by atoms with Gasteiger partial charge in [0.25, 0.3) is 0 Å². The van der Waals surface area contributed by atoms with Gasteiger partial charge in [0.05, 0.1) is 33.1 Å². The normalized spacial score (nSPS) is 12.0. The molecule has 0 spiro atoms. The molecule has 0 aliphatic carbocycles. The molecule has 0 N–H and O–H groups in total. The van der Waals surface area contributed by atoms with Crippen LogP contribution in [0.5, 0.6) is 0 Å². The molecule has 4 heteroatoms. The van der Waals surface area contributed by atoms with Crippen LogP contribution in [0.3, 0.4) is 0 Å². The Bertz CT molecular complexity index is 2650. The molecular weight excluding hydrogens is 548 g/mol. The van der Waals surface area contributed by atoms with Crippen molar-refractivity contribution in [2.45, 2.75) is 0 Å². The average Bonchev–Trinajstić information content (AvgIpc) is 3.74. The van der Waals surface area contributed by atoms with Gasteiger partial charge < -0.3 is 13.7 Å². The van der Waals surface area contributed by atoms with E-state index in [1.54, 1.807) is 0 Å². The molecule has 10 aromatic rings. The second kappa shape index (κ2) is 9.18. The van der Waals surface area contributed by atoms with Crippen LogP contribution in [0.25, 0.3) is 82.5 Å². The zero-order valence-corrected chi connectivity index (χ0v) is 24.3. The van der Waals surface area contributed by atoms with E-state index in [0.29, 0.717) is 0 Å². The molecule has 210 valence electrons. The van der Waals surface area contributed by atoms with Crippen LogP contribution in [-0.4, -0.2) is 18.7 Å². The van der Waals surface area contributed by atoms with Crippen molar-refractivity contribution >= 4 is 65.4 Å². The second-order valence-electron chi connectivity index (χ2n) is 11.7. The van der Waals surface area contributed by atoms with E-state index in [2.05, 4.69) is 164 Å². The highest BCUT2D eigenvalue weighted by atomic mass is 15.0. The molecule has 45 heavy (non-hydrogen) atoms. The summed E-state index contributed by atoms with van der Waals surface area (Å²) in [5.41, 5.74) is 10.6. The first kappa shape index (κ1) is 24.3. The van der Waals surface area contributed by atoms with Crippen LogP contribution in [0.2, 0.25) is 0 Å². The number of benzene rings is 6. The van der Waals surface area contributed by atoms with E-state index in [9.17, 15) is 0 Å². The molecular formula is C41H26N4. The van der Waals surface area contributed by atoms with Crippen molar-refractivity contribution in [3.63, 3.8) is 0 Å². The predicted molar refractivity (Wildman–Crippen MR) is 187 cm³/mol. The van der Waals surface area contributed by atoms with Crippen molar-refractivity contribution in [3.8, 4) is 17.1 Å². The molecule has 0 saturated carbocycles. The van der Waals surface area contributed by atoms with E-state index in [-0.39, 0.29) is 0 Å². The fraction of sp³-hybridized carbons (Fsp3) is 0. The number of nitrogens with zero attached hydrogens (tertiary/aromatic N) is 4. The molecule has 0 unspecified atom stereocenters. The van der Waals surface area contributed by atoms with E-state index in [0.717, 1.165) is 33.5 Å². The number of para-hydroxylation sites is 4. The summed E-state index contributed by atoms with van der Waals surface area (Å²) in [5.74, 6) is 0. The zero-order chi connectivity index (χ0) is 29.5. The third-order valence-corrected chi connectivity index (χ3v) is 9.33. The minimum Gasteiger partial charge on any atom is -0.309 e. The van der Waals surface area contributed by atoms with Crippen LogP contribution in [0.4, 0.5) is 0 Å². The molecule has 0 fully saturated rings. The Morgan fingerprint density at radius 3 is 1.18 bits per heavy atom. The monoisotopic (exact) mass is 574 g/mol. The summed E-state index contributed by atoms with van der Waals surface area (Å²) in [6.45, 7) is 0. The lowest BCUT2D eigenvalue weighted by molar-refractivity contribution is 1.14. The molecule has 6 aromatic carbocycles. The lowest BCUT2D eigenvalue weighted by Crippen LogP contribution is -1.97. The number of pyridine rings is 1. The average molecular weight is 575 g/mol. The molecule has 0 radical (unpaired) electrons. The molecule has 0 bridgehead atoms. The summed E-state index contributed by atoms with van der Waals surface area (Å²) in [5, 5.41) is 7.39. The quantitative estimate of drug-likeness (QED) is 0.206. The lowest BCUT2D eigenvalue weighted by Gasteiger charge is -2.12. The van der Waals surface area contributed by atoms with E-state index >= 15 is 0 Å². The summed E-state index contributed by atoms with van der Waals surface area (Å²) in [4.78, 5) is 4.54. The first-order chi connectivity index (χ1) is 22.3. The SMILES string of the molecule is c1ccc2c(c1)c1ccccc1n2-c1ccc(-n2c3ccncc3c3cc(-n4c5ccccc5c5ccccc54)ccc32)cc1. The highest BCUT2D eigenvalue weighted by Crippen LogP contribution is 2.37. The van der Waals surface area contributed by atoms with Crippen LogP contribution in [0, 0.1) is 0 Å². The molecule has 4 heterocycles. The summed E-state index contributed by atoms with van der Waals surface area (Å²) < 4.78 is 7.10. The number of fused-ring (bicyclic) bond motifs is 9. The Kier molecular flexibility index (Phi) is 4.96. The van der Waals surface area contributed by atoms with Crippen LogP contribution < -0.4 is 0 Å². The van der Waals surface area contributed by atoms with Crippen molar-refractivity contribution in [2.75, 3.05) is 0 Å². The lowest BCUT2D eigenvalue weighted by atomic mass is 10.1. The Morgan fingerprint density at radius 2 is 0.689 bits per heavy atom. The molecule has 4 nitrogen and oxygen atoms in total. The maximum Gasteiger partial charge on any atom is 0.0571 e. The Morgan fingerprint density at radius 1 is 0.311 bits per heavy atom. The van der Waals surface area contributed by atoms with Gasteiger partial charge in [-0.05, 0) is 72.8 Å². The van der Waals surface area contributed by atoms with E-state index in [4.69, 9.17) is 0 Å². The van der Waals surface area contributed by atoms with Crippen molar-refractivity contribution in [1.82, 2.24) is 18.7 Å². The zero-order valence-electron chi connectivity index (χ0n) is 24.3. The molecule has 0 amide bonds. The molecule has 0 atom stereocenters. The Labute approximate surface area is 258 Å². The topological polar surface area (TPSA) is 27.7 Å². The minimum absolute atomic E-state index is 1.12. The Balaban J connectivity index is 1.17. The standard InChI is InChI=1S/C41H26N4/c1-5-13-36-30(9-1)31-10-2-6-14-37(31)43(36)27-17-19-28(20-18-27)44-40-22-21-29(25-34(40)35-26-42-24-23-41(35)44)45-38-15-7-3-11-32(38)33-12-4-8-16-39(33)45/h1-26H. The van der Waals surface area contributed by atoms with Crippen LogP contribution >= 0.6 is 0 Å². The minimum atomic E-state index is 1.12. The van der Waals surface area contributed by atoms with Crippen molar-refractivity contribution < 1.29 is 0 Å². The third-order valence-electron chi connectivity index (χ3n) is 9.33. The van der Waals surface area contributed by atoms with Gasteiger partial charge in [-0.1, -0.05) is 72.8 Å². The second-order valence-corrected chi connectivity index (χ2v) is 11.7. The van der Waals surface area contributed by atoms with Crippen LogP contribution in [-0.2, 0) is 0 Å². The van der Waals surface area contributed by atoms with Gasteiger partial charge in [-0.25, -0.2) is 0 Å². The summed E-state index contributed by atoms with van der Waals surface area (Å²) in [6, 6.07) is 52.5. The van der Waals surface area contributed by atoms with Crippen LogP contribution in [0.1, 0.15) is 0 Å². The molecule has 0 saturated heterocycles. The van der Waals surface area contributed by atoms with E-state index in [1.807, 2.05) is 12.4 Å². The molecule has 4 aromatic heterocycles. The summed E-state index contributed by atoms with van der Waals surface area (Å²) in [6.07, 6.45) is 3.88. The maximum atomic E-state index is 4.54. The first-order valence-corrected chi connectivity index (χ1v) is 15.3. The smallest absolute Gasteiger partial charge is 0.0571 e. The van der Waals surface area contributed by atoms with Gasteiger partial charge in [-0.15, -0.1) is 0 Å². The van der Waals surface area contributed by atoms with Gasteiger partial charge in [0.15, 0.2) is 0 Å². The van der Waals surface area contributed by atoms with Gasteiger partial charge in [0, 0.05) is 61.8 Å². The summed E-state index contributed by atoms with van der Waals surface area (Å²) in [7, 11) is 0. The summed E-state index contributed by atoms with van der Waals surface area (Å²) >= 11 is 0. The van der Waals surface area contributed by atoms with Gasteiger partial charge in [-0.3, -0.25) is 4.98 Å². The van der Waals surface area contributed by atoms with Crippen molar-refractivity contribution in [1.29, 1.82) is 0 Å².